The molecule has 0 spiro atoms. The van der Waals surface area contributed by atoms with Gasteiger partial charge in [0.05, 0.1) is 29.8 Å². The zero-order valence-electron chi connectivity index (χ0n) is 17.3. The average Bonchev–Trinajstić information content (AvgIpc) is 2.95. The molecule has 1 aromatic carbocycles. The van der Waals surface area contributed by atoms with Crippen LogP contribution < -0.4 is 10.6 Å². The first-order chi connectivity index (χ1) is 14.3. The lowest BCUT2D eigenvalue weighted by Crippen LogP contribution is -2.55. The van der Waals surface area contributed by atoms with E-state index < -0.39 is 35.1 Å². The van der Waals surface area contributed by atoms with Gasteiger partial charge in [0, 0.05) is 18.1 Å². The Kier molecular flexibility index (Phi) is 6.63. The fourth-order valence-corrected chi connectivity index (χ4v) is 4.55. The number of nitrogens with one attached hydrogen (secondary N) is 2. The molecule has 2 aliphatic rings. The molecule has 4 unspecified atom stereocenters. The third-order valence-electron chi connectivity index (χ3n) is 6.08. The summed E-state index contributed by atoms with van der Waals surface area (Å²) in [4.78, 5) is 12.4. The highest BCUT2D eigenvalue weighted by Crippen LogP contribution is 2.42. The van der Waals surface area contributed by atoms with Crippen molar-refractivity contribution in [3.8, 4) is 0 Å². The number of rotatable bonds is 6. The third-order valence-corrected chi connectivity index (χ3v) is 6.08. The van der Waals surface area contributed by atoms with Crippen LogP contribution in [0.2, 0.25) is 0 Å². The van der Waals surface area contributed by atoms with Gasteiger partial charge < -0.3 is 15.4 Å². The van der Waals surface area contributed by atoms with E-state index in [1.54, 1.807) is 0 Å². The number of carbonyl (C=O) groups excluding carboxylic acids is 1. The van der Waals surface area contributed by atoms with Crippen LogP contribution in [0, 0.1) is 5.92 Å². The van der Waals surface area contributed by atoms with E-state index in [1.807, 2.05) is 13.8 Å². The molecule has 2 aliphatic heterocycles. The number of benzene rings is 1. The Balaban J connectivity index is 1.73. The fraction of sp³-hybridized carbons (Fsp3) is 0.667. The van der Waals surface area contributed by atoms with Crippen LogP contribution in [0.3, 0.4) is 0 Å². The minimum Gasteiger partial charge on any atom is -0.372 e. The molecule has 0 aliphatic carbocycles. The Hall–Kier alpha value is -1.81. The minimum absolute atomic E-state index is 0.0212. The molecule has 10 heteroatoms. The molecule has 4 nitrogen and oxygen atoms in total. The average molecular weight is 452 g/mol. The highest BCUT2D eigenvalue weighted by atomic mass is 19.4. The highest BCUT2D eigenvalue weighted by molar-refractivity contribution is 5.80. The van der Waals surface area contributed by atoms with Crippen LogP contribution in [0.15, 0.2) is 18.2 Å². The molecule has 174 valence electrons. The van der Waals surface area contributed by atoms with Crippen LogP contribution in [-0.2, 0) is 28.5 Å². The van der Waals surface area contributed by atoms with Gasteiger partial charge in [-0.2, -0.15) is 26.3 Å². The molecule has 0 aromatic heterocycles. The fourth-order valence-electron chi connectivity index (χ4n) is 4.55. The van der Waals surface area contributed by atoms with Gasteiger partial charge >= 0.3 is 12.4 Å². The molecule has 31 heavy (non-hydrogen) atoms. The Morgan fingerprint density at radius 1 is 1.13 bits per heavy atom. The van der Waals surface area contributed by atoms with Crippen LogP contribution in [0.1, 0.15) is 56.2 Å². The Morgan fingerprint density at radius 2 is 1.74 bits per heavy atom. The lowest BCUT2D eigenvalue weighted by Gasteiger charge is -2.39. The Morgan fingerprint density at radius 3 is 2.29 bits per heavy atom. The van der Waals surface area contributed by atoms with Crippen LogP contribution in [0.5, 0.6) is 0 Å². The Labute approximate surface area is 176 Å². The van der Waals surface area contributed by atoms with E-state index in [-0.39, 0.29) is 36.1 Å². The second-order valence-corrected chi connectivity index (χ2v) is 8.56. The number of carbonyl (C=O) groups is 1. The zero-order chi connectivity index (χ0) is 23.0. The predicted molar refractivity (Wildman–Crippen MR) is 101 cm³/mol. The summed E-state index contributed by atoms with van der Waals surface area (Å²) in [5.41, 5.74) is -3.49. The summed E-state index contributed by atoms with van der Waals surface area (Å²) < 4.78 is 84.2. The van der Waals surface area contributed by atoms with Crippen molar-refractivity contribution in [3.63, 3.8) is 0 Å². The molecular weight excluding hydrogens is 426 g/mol. The van der Waals surface area contributed by atoms with Crippen molar-refractivity contribution >= 4 is 5.91 Å². The van der Waals surface area contributed by atoms with E-state index in [4.69, 9.17) is 4.74 Å². The smallest absolute Gasteiger partial charge is 0.372 e. The lowest BCUT2D eigenvalue weighted by molar-refractivity contribution is -0.143. The maximum atomic E-state index is 13.1. The predicted octanol–water partition coefficient (Wildman–Crippen LogP) is 4.67. The number of halogens is 6. The first-order valence-electron chi connectivity index (χ1n) is 10.3. The summed E-state index contributed by atoms with van der Waals surface area (Å²) in [6, 6.07) is 1.46. The second-order valence-electron chi connectivity index (χ2n) is 8.56. The zero-order valence-corrected chi connectivity index (χ0v) is 17.3. The van der Waals surface area contributed by atoms with Gasteiger partial charge in [-0.05, 0) is 56.4 Å². The number of ether oxygens (including phenoxy) is 1. The monoisotopic (exact) mass is 452 g/mol. The van der Waals surface area contributed by atoms with Crippen molar-refractivity contribution in [2.45, 2.75) is 76.2 Å². The summed E-state index contributed by atoms with van der Waals surface area (Å²) in [5, 5.41) is 6.27. The maximum Gasteiger partial charge on any atom is 0.416 e. The van der Waals surface area contributed by atoms with Gasteiger partial charge in [-0.3, -0.25) is 4.79 Å². The molecule has 0 radical (unpaired) electrons. The quantitative estimate of drug-likeness (QED) is 0.617. The number of piperidine rings is 1. The van der Waals surface area contributed by atoms with E-state index in [1.165, 1.54) is 0 Å². The third kappa shape index (κ3) is 5.34. The highest BCUT2D eigenvalue weighted by Gasteiger charge is 2.52. The minimum atomic E-state index is -4.90. The van der Waals surface area contributed by atoms with Gasteiger partial charge in [-0.1, -0.05) is 6.92 Å². The Bertz CT molecular complexity index is 778. The summed E-state index contributed by atoms with van der Waals surface area (Å²) >= 11 is 0. The van der Waals surface area contributed by atoms with Crippen molar-refractivity contribution < 1.29 is 35.9 Å². The molecule has 2 heterocycles. The van der Waals surface area contributed by atoms with Crippen LogP contribution in [-0.4, -0.2) is 30.1 Å². The van der Waals surface area contributed by atoms with E-state index in [9.17, 15) is 31.1 Å². The van der Waals surface area contributed by atoms with Crippen molar-refractivity contribution in [2.75, 3.05) is 6.54 Å². The lowest BCUT2D eigenvalue weighted by atomic mass is 9.88. The SMILES string of the molecule is CCCNC(=O)C1CC2(C)NC1CCC2OCc1cc(C(F)(F)F)cc(C(F)(F)F)c1. The molecule has 4 atom stereocenters. The maximum absolute atomic E-state index is 13.1. The first-order valence-corrected chi connectivity index (χ1v) is 10.3. The van der Waals surface area contributed by atoms with Crippen molar-refractivity contribution in [2.24, 2.45) is 5.92 Å². The van der Waals surface area contributed by atoms with Crippen LogP contribution >= 0.6 is 0 Å². The first kappa shape index (κ1) is 23.8. The molecule has 2 saturated heterocycles. The van der Waals surface area contributed by atoms with Gasteiger partial charge in [0.25, 0.3) is 0 Å². The van der Waals surface area contributed by atoms with E-state index in [0.717, 1.165) is 6.42 Å². The van der Waals surface area contributed by atoms with Gasteiger partial charge in [-0.15, -0.1) is 0 Å². The van der Waals surface area contributed by atoms with E-state index >= 15 is 0 Å². The summed E-state index contributed by atoms with van der Waals surface area (Å²) in [6.07, 6.45) is -7.71. The van der Waals surface area contributed by atoms with Crippen LogP contribution in [0.4, 0.5) is 26.3 Å². The molecule has 2 N–H and O–H groups in total. The number of hydrogen-bond donors (Lipinski definition) is 2. The second kappa shape index (κ2) is 8.61. The van der Waals surface area contributed by atoms with Gasteiger partial charge in [0.2, 0.25) is 5.91 Å². The van der Waals surface area contributed by atoms with E-state index in [2.05, 4.69) is 10.6 Å². The van der Waals surface area contributed by atoms with Crippen molar-refractivity contribution in [1.82, 2.24) is 10.6 Å². The van der Waals surface area contributed by atoms with Gasteiger partial charge in [0.1, 0.15) is 0 Å². The van der Waals surface area contributed by atoms with Crippen molar-refractivity contribution in [3.05, 3.63) is 34.9 Å². The molecular formula is C21H26F6N2O2. The number of amides is 1. The van der Waals surface area contributed by atoms with E-state index in [0.29, 0.717) is 37.9 Å². The van der Waals surface area contributed by atoms with Gasteiger partial charge in [0.15, 0.2) is 0 Å². The van der Waals surface area contributed by atoms with Gasteiger partial charge in [-0.25, -0.2) is 0 Å². The summed E-state index contributed by atoms with van der Waals surface area (Å²) in [5.74, 6) is -0.285. The topological polar surface area (TPSA) is 50.4 Å². The summed E-state index contributed by atoms with van der Waals surface area (Å²) in [7, 11) is 0. The van der Waals surface area contributed by atoms with Crippen molar-refractivity contribution in [1.29, 1.82) is 0 Å². The molecule has 1 amide bonds. The number of hydrogen-bond acceptors (Lipinski definition) is 3. The molecule has 3 rings (SSSR count). The van der Waals surface area contributed by atoms with Crippen LogP contribution in [0.25, 0.3) is 0 Å². The molecule has 1 aromatic rings. The number of fused-ring (bicyclic) bond motifs is 2. The molecule has 0 saturated carbocycles. The normalized spacial score (nSPS) is 28.6. The molecule has 2 bridgehead atoms. The largest absolute Gasteiger partial charge is 0.416 e. The molecule has 2 fully saturated rings. The standard InChI is InChI=1S/C21H26F6N2O2/c1-3-6-28-18(30)15-10-19(2)17(5-4-16(15)29-19)31-11-12-7-13(20(22,23)24)9-14(8-12)21(25,26)27/h7-9,15-17,29H,3-6,10-11H2,1-2H3,(H,28,30). The summed E-state index contributed by atoms with van der Waals surface area (Å²) in [6.45, 7) is 4.03. The number of alkyl halides is 6.